The predicted octanol–water partition coefficient (Wildman–Crippen LogP) is 2.70. The van der Waals surface area contributed by atoms with Crippen LogP contribution in [0.5, 0.6) is 0 Å². The quantitative estimate of drug-likeness (QED) is 0.896. The zero-order valence-electron chi connectivity index (χ0n) is 13.2. The maximum atomic E-state index is 12.7. The van der Waals surface area contributed by atoms with Crippen LogP contribution >= 0.6 is 0 Å². The van der Waals surface area contributed by atoms with E-state index in [1.807, 2.05) is 55.5 Å². The largest absolute Gasteiger partial charge is 0.357 e. The van der Waals surface area contributed by atoms with Crippen LogP contribution in [0.1, 0.15) is 11.1 Å². The zero-order valence-corrected chi connectivity index (χ0v) is 13.2. The summed E-state index contributed by atoms with van der Waals surface area (Å²) >= 11 is 0. The third kappa shape index (κ3) is 2.90. The van der Waals surface area contributed by atoms with Gasteiger partial charge in [-0.25, -0.2) is 4.79 Å². The van der Waals surface area contributed by atoms with Crippen LogP contribution in [0.25, 0.3) is 0 Å². The number of para-hydroxylation sites is 1. The van der Waals surface area contributed by atoms with Crippen molar-refractivity contribution in [2.75, 3.05) is 17.3 Å². The number of carbonyl (C=O) groups excluding carboxylic acids is 2. The second kappa shape index (κ2) is 6.12. The summed E-state index contributed by atoms with van der Waals surface area (Å²) in [4.78, 5) is 26.4. The van der Waals surface area contributed by atoms with Gasteiger partial charge in [0.25, 0.3) is 0 Å². The highest BCUT2D eigenvalue weighted by molar-refractivity contribution is 6.08. The van der Waals surface area contributed by atoms with Crippen LogP contribution in [0, 0.1) is 6.92 Å². The first kappa shape index (κ1) is 15.1. The van der Waals surface area contributed by atoms with Gasteiger partial charge in [-0.15, -0.1) is 0 Å². The van der Waals surface area contributed by atoms with E-state index in [1.165, 1.54) is 4.90 Å². The molecular formula is C18H19N3O2. The molecule has 118 valence electrons. The molecule has 0 bridgehead atoms. The van der Waals surface area contributed by atoms with Crippen molar-refractivity contribution in [3.63, 3.8) is 0 Å². The molecule has 1 atom stereocenters. The van der Waals surface area contributed by atoms with Gasteiger partial charge in [-0.05, 0) is 30.7 Å². The first-order valence-corrected chi connectivity index (χ1v) is 7.56. The topological polar surface area (TPSA) is 61.4 Å². The molecule has 0 spiro atoms. The molecule has 2 N–H and O–H groups in total. The van der Waals surface area contributed by atoms with Gasteiger partial charge < -0.3 is 10.6 Å². The number of aryl methyl sites for hydroxylation is 1. The Kier molecular flexibility index (Phi) is 4.02. The van der Waals surface area contributed by atoms with E-state index in [9.17, 15) is 9.59 Å². The molecule has 2 aromatic rings. The molecule has 0 saturated heterocycles. The number of hydrogen-bond donors (Lipinski definition) is 2. The van der Waals surface area contributed by atoms with E-state index in [1.54, 1.807) is 7.05 Å². The summed E-state index contributed by atoms with van der Waals surface area (Å²) in [6, 6.07) is 14.4. The van der Waals surface area contributed by atoms with Gasteiger partial charge >= 0.3 is 6.03 Å². The average Bonchev–Trinajstić information content (AvgIpc) is 2.95. The second-order valence-electron chi connectivity index (χ2n) is 5.63. The molecule has 2 aromatic carbocycles. The minimum atomic E-state index is -0.525. The van der Waals surface area contributed by atoms with Crippen molar-refractivity contribution in [3.05, 3.63) is 59.7 Å². The normalized spacial score (nSPS) is 15.9. The van der Waals surface area contributed by atoms with Gasteiger partial charge in [0.15, 0.2) is 0 Å². The second-order valence-corrected chi connectivity index (χ2v) is 5.63. The maximum Gasteiger partial charge on any atom is 0.327 e. The number of hydrogen-bond acceptors (Lipinski definition) is 2. The highest BCUT2D eigenvalue weighted by Gasteiger charge is 2.37. The summed E-state index contributed by atoms with van der Waals surface area (Å²) in [5.74, 6) is -0.166. The van der Waals surface area contributed by atoms with Crippen molar-refractivity contribution in [2.45, 2.75) is 19.4 Å². The van der Waals surface area contributed by atoms with Crippen molar-refractivity contribution in [2.24, 2.45) is 0 Å². The summed E-state index contributed by atoms with van der Waals surface area (Å²) in [5, 5.41) is 5.51. The third-order valence-electron chi connectivity index (χ3n) is 4.05. The Morgan fingerprint density at radius 2 is 1.78 bits per heavy atom. The maximum absolute atomic E-state index is 12.7. The third-order valence-corrected chi connectivity index (χ3v) is 4.05. The zero-order chi connectivity index (χ0) is 16.4. The Hall–Kier alpha value is -2.82. The number of anilines is 2. The van der Waals surface area contributed by atoms with E-state index >= 15 is 0 Å². The molecule has 1 aliphatic rings. The van der Waals surface area contributed by atoms with Gasteiger partial charge in [0.1, 0.15) is 6.04 Å². The van der Waals surface area contributed by atoms with Crippen molar-refractivity contribution in [3.8, 4) is 0 Å². The molecular weight excluding hydrogens is 290 g/mol. The monoisotopic (exact) mass is 309 g/mol. The fraction of sp³-hybridized carbons (Fsp3) is 0.222. The summed E-state index contributed by atoms with van der Waals surface area (Å²) in [6.45, 7) is 1.99. The molecule has 23 heavy (non-hydrogen) atoms. The van der Waals surface area contributed by atoms with Gasteiger partial charge in [-0.2, -0.15) is 0 Å². The Labute approximate surface area is 135 Å². The molecule has 0 fully saturated rings. The SMILES string of the molecule is CNC(=O)[C@@H]1Cc2ccccc2N1C(=O)Nc1ccc(C)cc1. The standard InChI is InChI=1S/C18H19N3O2/c1-12-7-9-14(10-8-12)20-18(23)21-15-6-4-3-5-13(15)11-16(21)17(22)19-2/h3-10,16H,11H2,1-2H3,(H,19,22)(H,20,23)/t16-/m0/s1. The summed E-state index contributed by atoms with van der Waals surface area (Å²) in [7, 11) is 1.58. The number of fused-ring (bicyclic) bond motifs is 1. The van der Waals surface area contributed by atoms with E-state index in [2.05, 4.69) is 10.6 Å². The van der Waals surface area contributed by atoms with Gasteiger partial charge in [-0.3, -0.25) is 9.69 Å². The van der Waals surface area contributed by atoms with Crippen LogP contribution in [-0.4, -0.2) is 25.0 Å². The molecule has 3 amide bonds. The molecule has 5 nitrogen and oxygen atoms in total. The van der Waals surface area contributed by atoms with Crippen LogP contribution in [-0.2, 0) is 11.2 Å². The molecule has 0 aliphatic carbocycles. The van der Waals surface area contributed by atoms with Gasteiger partial charge in [-0.1, -0.05) is 35.9 Å². The Morgan fingerprint density at radius 3 is 2.48 bits per heavy atom. The summed E-state index contributed by atoms with van der Waals surface area (Å²) in [6.07, 6.45) is 0.525. The first-order chi connectivity index (χ1) is 11.1. The van der Waals surface area contributed by atoms with Crippen molar-refractivity contribution >= 4 is 23.3 Å². The number of amides is 3. The number of likely N-dealkylation sites (N-methyl/N-ethyl adjacent to an activating group) is 1. The minimum Gasteiger partial charge on any atom is -0.357 e. The molecule has 1 aliphatic heterocycles. The van der Waals surface area contributed by atoms with Crippen LogP contribution in [0.3, 0.4) is 0 Å². The minimum absolute atomic E-state index is 0.166. The Bertz CT molecular complexity index is 740. The molecule has 0 radical (unpaired) electrons. The van der Waals surface area contributed by atoms with E-state index in [4.69, 9.17) is 0 Å². The lowest BCUT2D eigenvalue weighted by atomic mass is 10.1. The number of nitrogens with zero attached hydrogens (tertiary/aromatic N) is 1. The fourth-order valence-electron chi connectivity index (χ4n) is 2.83. The summed E-state index contributed by atoms with van der Waals surface area (Å²) < 4.78 is 0. The lowest BCUT2D eigenvalue weighted by molar-refractivity contribution is -0.121. The van der Waals surface area contributed by atoms with E-state index in [0.29, 0.717) is 12.1 Å². The molecule has 0 aromatic heterocycles. The van der Waals surface area contributed by atoms with Crippen LogP contribution in [0.2, 0.25) is 0 Å². The lowest BCUT2D eigenvalue weighted by Gasteiger charge is -2.24. The van der Waals surface area contributed by atoms with Crippen molar-refractivity contribution in [1.82, 2.24) is 5.32 Å². The molecule has 0 saturated carbocycles. The van der Waals surface area contributed by atoms with E-state index in [0.717, 1.165) is 16.8 Å². The highest BCUT2D eigenvalue weighted by atomic mass is 16.2. The number of rotatable bonds is 2. The first-order valence-electron chi connectivity index (χ1n) is 7.56. The highest BCUT2D eigenvalue weighted by Crippen LogP contribution is 2.32. The van der Waals surface area contributed by atoms with E-state index < -0.39 is 6.04 Å². The number of benzene rings is 2. The van der Waals surface area contributed by atoms with Gasteiger partial charge in [0, 0.05) is 24.8 Å². The van der Waals surface area contributed by atoms with Crippen LogP contribution in [0.4, 0.5) is 16.2 Å². The van der Waals surface area contributed by atoms with Crippen molar-refractivity contribution in [1.29, 1.82) is 0 Å². The molecule has 5 heteroatoms. The van der Waals surface area contributed by atoms with Crippen LogP contribution < -0.4 is 15.5 Å². The van der Waals surface area contributed by atoms with E-state index in [-0.39, 0.29) is 11.9 Å². The number of urea groups is 1. The molecule has 0 unspecified atom stereocenters. The van der Waals surface area contributed by atoms with Crippen molar-refractivity contribution < 1.29 is 9.59 Å². The Balaban J connectivity index is 1.89. The Morgan fingerprint density at radius 1 is 1.09 bits per heavy atom. The predicted molar refractivity (Wildman–Crippen MR) is 90.7 cm³/mol. The van der Waals surface area contributed by atoms with Gasteiger partial charge in [0.2, 0.25) is 5.91 Å². The molecule has 3 rings (SSSR count). The summed E-state index contributed by atoms with van der Waals surface area (Å²) in [5.41, 5.74) is 3.62. The molecule has 1 heterocycles. The lowest BCUT2D eigenvalue weighted by Crippen LogP contribution is -2.48. The number of carbonyl (C=O) groups is 2. The fourth-order valence-corrected chi connectivity index (χ4v) is 2.83. The number of nitrogens with one attached hydrogen (secondary N) is 2. The van der Waals surface area contributed by atoms with Gasteiger partial charge in [0.05, 0.1) is 0 Å². The van der Waals surface area contributed by atoms with Crippen LogP contribution in [0.15, 0.2) is 48.5 Å². The average molecular weight is 309 g/mol. The smallest absolute Gasteiger partial charge is 0.327 e.